The van der Waals surface area contributed by atoms with Crippen LogP contribution in [0.3, 0.4) is 0 Å². The van der Waals surface area contributed by atoms with Crippen LogP contribution in [0.25, 0.3) is 0 Å². The Labute approximate surface area is 104 Å². The first kappa shape index (κ1) is 11.9. The number of halogens is 1. The van der Waals surface area contributed by atoms with E-state index in [-0.39, 0.29) is 5.78 Å². The molecule has 1 amide bonds. The molecule has 0 fully saturated rings. The molecule has 1 aromatic rings. The Hall–Kier alpha value is -1.55. The Bertz CT molecular complexity index is 473. The summed E-state index contributed by atoms with van der Waals surface area (Å²) in [6.45, 7) is 0. The van der Waals surface area contributed by atoms with Crippen LogP contribution in [-0.4, -0.2) is 25.0 Å². The SMILES string of the molecule is COC(=O)NC1CCc2ccc(Cl)cc2C1=O. The lowest BCUT2D eigenvalue weighted by atomic mass is 9.87. The fourth-order valence-electron chi connectivity index (χ4n) is 1.95. The number of aryl methyl sites for hydroxylation is 1. The van der Waals surface area contributed by atoms with Crippen LogP contribution in [0.5, 0.6) is 0 Å². The number of Topliss-reactive ketones (excluding diaryl/α,β-unsaturated/α-hetero) is 1. The number of hydrogen-bond donors (Lipinski definition) is 1. The van der Waals surface area contributed by atoms with Crippen molar-refractivity contribution in [1.29, 1.82) is 0 Å². The number of rotatable bonds is 1. The normalized spacial score (nSPS) is 18.5. The van der Waals surface area contributed by atoms with Crippen molar-refractivity contribution in [3.05, 3.63) is 34.3 Å². The maximum atomic E-state index is 12.1. The number of amides is 1. The van der Waals surface area contributed by atoms with E-state index in [1.165, 1.54) is 7.11 Å². The van der Waals surface area contributed by atoms with Gasteiger partial charge < -0.3 is 10.1 Å². The van der Waals surface area contributed by atoms with Crippen LogP contribution in [0.4, 0.5) is 4.79 Å². The van der Waals surface area contributed by atoms with Crippen LogP contribution >= 0.6 is 11.6 Å². The van der Waals surface area contributed by atoms with E-state index in [0.717, 1.165) is 12.0 Å². The van der Waals surface area contributed by atoms with Crippen LogP contribution in [0.2, 0.25) is 5.02 Å². The number of methoxy groups -OCH3 is 1. The van der Waals surface area contributed by atoms with Crippen LogP contribution < -0.4 is 5.32 Å². The number of alkyl carbamates (subject to hydrolysis) is 1. The van der Waals surface area contributed by atoms with Gasteiger partial charge in [0.1, 0.15) is 0 Å². The molecule has 4 nitrogen and oxygen atoms in total. The third-order valence-corrected chi connectivity index (χ3v) is 3.07. The maximum Gasteiger partial charge on any atom is 0.407 e. The first-order valence-electron chi connectivity index (χ1n) is 5.29. The molecule has 1 aromatic carbocycles. The van der Waals surface area contributed by atoms with E-state index >= 15 is 0 Å². The van der Waals surface area contributed by atoms with Gasteiger partial charge in [-0.3, -0.25) is 4.79 Å². The number of carbonyl (C=O) groups is 2. The van der Waals surface area contributed by atoms with E-state index in [2.05, 4.69) is 10.1 Å². The quantitative estimate of drug-likeness (QED) is 0.835. The van der Waals surface area contributed by atoms with Gasteiger partial charge in [-0.25, -0.2) is 4.79 Å². The van der Waals surface area contributed by atoms with Gasteiger partial charge in [0.15, 0.2) is 5.78 Å². The molecule has 0 aliphatic heterocycles. The van der Waals surface area contributed by atoms with E-state index in [1.54, 1.807) is 12.1 Å². The zero-order valence-electron chi connectivity index (χ0n) is 9.33. The van der Waals surface area contributed by atoms with Gasteiger partial charge in [0, 0.05) is 10.6 Å². The number of ketones is 1. The molecule has 90 valence electrons. The minimum absolute atomic E-state index is 0.112. The van der Waals surface area contributed by atoms with E-state index < -0.39 is 12.1 Å². The number of ether oxygens (including phenoxy) is 1. The van der Waals surface area contributed by atoms with Gasteiger partial charge in [-0.15, -0.1) is 0 Å². The molecular weight excluding hydrogens is 242 g/mol. The Morgan fingerprint density at radius 1 is 1.53 bits per heavy atom. The van der Waals surface area contributed by atoms with Crippen molar-refractivity contribution in [2.45, 2.75) is 18.9 Å². The average molecular weight is 254 g/mol. The molecule has 0 spiro atoms. The van der Waals surface area contributed by atoms with Crippen molar-refractivity contribution >= 4 is 23.5 Å². The molecule has 0 radical (unpaired) electrons. The third kappa shape index (κ3) is 2.42. The lowest BCUT2D eigenvalue weighted by Gasteiger charge is -2.23. The summed E-state index contributed by atoms with van der Waals surface area (Å²) in [5.41, 5.74) is 1.56. The van der Waals surface area contributed by atoms with E-state index in [1.807, 2.05) is 6.07 Å². The smallest absolute Gasteiger partial charge is 0.407 e. The fraction of sp³-hybridized carbons (Fsp3) is 0.333. The molecule has 1 N–H and O–H groups in total. The number of carbonyl (C=O) groups excluding carboxylic acids is 2. The molecule has 0 bridgehead atoms. The summed E-state index contributed by atoms with van der Waals surface area (Å²) in [7, 11) is 1.27. The topological polar surface area (TPSA) is 55.4 Å². The van der Waals surface area contributed by atoms with Gasteiger partial charge in [0.2, 0.25) is 0 Å². The van der Waals surface area contributed by atoms with Gasteiger partial charge in [0.05, 0.1) is 13.2 Å². The van der Waals surface area contributed by atoms with Crippen LogP contribution in [0, 0.1) is 0 Å². The predicted octanol–water partition coefficient (Wildman–Crippen LogP) is 2.19. The first-order chi connectivity index (χ1) is 8.11. The van der Waals surface area contributed by atoms with Gasteiger partial charge in [0.25, 0.3) is 0 Å². The fourth-order valence-corrected chi connectivity index (χ4v) is 2.13. The van der Waals surface area contributed by atoms with Crippen molar-refractivity contribution in [3.63, 3.8) is 0 Å². The molecule has 17 heavy (non-hydrogen) atoms. The van der Waals surface area contributed by atoms with Crippen molar-refractivity contribution in [1.82, 2.24) is 5.32 Å². The Balaban J connectivity index is 2.23. The molecule has 2 rings (SSSR count). The predicted molar refractivity (Wildman–Crippen MR) is 63.4 cm³/mol. The molecule has 1 aliphatic carbocycles. The average Bonchev–Trinajstić information content (AvgIpc) is 2.33. The monoisotopic (exact) mass is 253 g/mol. The highest BCUT2D eigenvalue weighted by molar-refractivity contribution is 6.31. The minimum atomic E-state index is -0.589. The highest BCUT2D eigenvalue weighted by Gasteiger charge is 2.28. The van der Waals surface area contributed by atoms with Gasteiger partial charge in [-0.1, -0.05) is 17.7 Å². The molecule has 0 heterocycles. The number of hydrogen-bond acceptors (Lipinski definition) is 3. The molecule has 1 unspecified atom stereocenters. The van der Waals surface area contributed by atoms with Crippen molar-refractivity contribution < 1.29 is 14.3 Å². The summed E-state index contributed by atoms with van der Waals surface area (Å²) < 4.78 is 4.48. The highest BCUT2D eigenvalue weighted by atomic mass is 35.5. The summed E-state index contributed by atoms with van der Waals surface area (Å²) in [5, 5.41) is 3.05. The first-order valence-corrected chi connectivity index (χ1v) is 5.66. The van der Waals surface area contributed by atoms with E-state index in [4.69, 9.17) is 11.6 Å². The second-order valence-corrected chi connectivity index (χ2v) is 4.33. The third-order valence-electron chi connectivity index (χ3n) is 2.83. The molecule has 5 heteroatoms. The lowest BCUT2D eigenvalue weighted by molar-refractivity contribution is 0.0916. The zero-order chi connectivity index (χ0) is 12.4. The Morgan fingerprint density at radius 3 is 3.00 bits per heavy atom. The standard InChI is InChI=1S/C12H12ClNO3/c1-17-12(16)14-10-5-3-7-2-4-8(13)6-9(7)11(10)15/h2,4,6,10H,3,5H2,1H3,(H,14,16). The van der Waals surface area contributed by atoms with Crippen molar-refractivity contribution in [2.75, 3.05) is 7.11 Å². The van der Waals surface area contributed by atoms with Gasteiger partial charge in [-0.05, 0) is 30.5 Å². The summed E-state index contributed by atoms with van der Waals surface area (Å²) in [6.07, 6.45) is 0.740. The highest BCUT2D eigenvalue weighted by Crippen LogP contribution is 2.24. The lowest BCUT2D eigenvalue weighted by Crippen LogP contribution is -2.43. The van der Waals surface area contributed by atoms with Gasteiger partial charge in [-0.2, -0.15) is 0 Å². The van der Waals surface area contributed by atoms with Crippen LogP contribution in [-0.2, 0) is 11.2 Å². The van der Waals surface area contributed by atoms with Crippen LogP contribution in [0.1, 0.15) is 22.3 Å². The van der Waals surface area contributed by atoms with E-state index in [0.29, 0.717) is 17.0 Å². The summed E-state index contributed by atoms with van der Waals surface area (Å²) in [6, 6.07) is 4.74. The van der Waals surface area contributed by atoms with Gasteiger partial charge >= 0.3 is 6.09 Å². The molecule has 1 atom stereocenters. The van der Waals surface area contributed by atoms with E-state index in [9.17, 15) is 9.59 Å². The summed E-state index contributed by atoms with van der Waals surface area (Å²) in [5.74, 6) is -0.112. The number of fused-ring (bicyclic) bond motifs is 1. The molecule has 0 saturated heterocycles. The molecule has 1 aliphatic rings. The van der Waals surface area contributed by atoms with Crippen molar-refractivity contribution in [3.8, 4) is 0 Å². The minimum Gasteiger partial charge on any atom is -0.453 e. The largest absolute Gasteiger partial charge is 0.453 e. The summed E-state index contributed by atoms with van der Waals surface area (Å²) >= 11 is 5.86. The summed E-state index contributed by atoms with van der Waals surface area (Å²) in [4.78, 5) is 23.2. The Kier molecular flexibility index (Phi) is 3.33. The molecule has 0 aromatic heterocycles. The van der Waals surface area contributed by atoms with Crippen LogP contribution in [0.15, 0.2) is 18.2 Å². The molecule has 0 saturated carbocycles. The molecular formula is C12H12ClNO3. The second-order valence-electron chi connectivity index (χ2n) is 3.89. The zero-order valence-corrected chi connectivity index (χ0v) is 10.1. The Morgan fingerprint density at radius 2 is 2.29 bits per heavy atom. The second kappa shape index (κ2) is 4.75. The number of nitrogens with one attached hydrogen (secondary N) is 1. The van der Waals surface area contributed by atoms with Crippen molar-refractivity contribution in [2.24, 2.45) is 0 Å². The maximum absolute atomic E-state index is 12.1. The number of benzene rings is 1.